The summed E-state index contributed by atoms with van der Waals surface area (Å²) >= 11 is 0. The molecule has 1 saturated heterocycles. The van der Waals surface area contributed by atoms with Crippen molar-refractivity contribution in [3.63, 3.8) is 0 Å². The van der Waals surface area contributed by atoms with Crippen LogP contribution in [0.25, 0.3) is 0 Å². The Morgan fingerprint density at radius 3 is 2.75 bits per heavy atom. The highest BCUT2D eigenvalue weighted by Gasteiger charge is 2.26. The van der Waals surface area contributed by atoms with E-state index >= 15 is 0 Å². The van der Waals surface area contributed by atoms with Crippen LogP contribution in [0.2, 0.25) is 0 Å². The summed E-state index contributed by atoms with van der Waals surface area (Å²) in [5.74, 6) is 1.48. The number of methoxy groups -OCH3 is 1. The van der Waals surface area contributed by atoms with E-state index in [1.807, 2.05) is 24.3 Å². The van der Waals surface area contributed by atoms with Gasteiger partial charge in [-0.15, -0.1) is 12.4 Å². The van der Waals surface area contributed by atoms with Crippen LogP contribution in [0, 0.1) is 0 Å². The minimum Gasteiger partial charge on any atom is -0.497 e. The van der Waals surface area contributed by atoms with Crippen molar-refractivity contribution in [1.82, 2.24) is 10.2 Å². The lowest BCUT2D eigenvalue weighted by molar-refractivity contribution is 0.0933. The third-order valence-corrected chi connectivity index (χ3v) is 4.24. The Hall–Kier alpha value is -1.98. The molecule has 0 bridgehead atoms. The van der Waals surface area contributed by atoms with E-state index in [9.17, 15) is 4.79 Å². The van der Waals surface area contributed by atoms with Crippen LogP contribution in [0.1, 0.15) is 35.0 Å². The molecule has 1 fully saturated rings. The number of carbonyl (C=O) groups excluding carboxylic acids is 1. The van der Waals surface area contributed by atoms with Gasteiger partial charge in [0, 0.05) is 12.1 Å². The van der Waals surface area contributed by atoms with Gasteiger partial charge in [0.05, 0.1) is 19.4 Å². The number of hydrogen-bond acceptors (Lipinski definition) is 4. The van der Waals surface area contributed by atoms with Crippen molar-refractivity contribution in [3.8, 4) is 5.75 Å². The van der Waals surface area contributed by atoms with Gasteiger partial charge in [-0.3, -0.25) is 9.69 Å². The van der Waals surface area contributed by atoms with Crippen LogP contribution < -0.4 is 10.1 Å². The Bertz CT molecular complexity index is 639. The number of halogens is 1. The number of likely N-dealkylation sites (tertiary alicyclic amines) is 1. The highest BCUT2D eigenvalue weighted by molar-refractivity contribution is 5.94. The molecule has 1 aromatic heterocycles. The molecule has 2 aromatic rings. The van der Waals surface area contributed by atoms with Crippen molar-refractivity contribution in [2.75, 3.05) is 26.7 Å². The van der Waals surface area contributed by atoms with E-state index in [1.165, 1.54) is 12.8 Å². The minimum absolute atomic E-state index is 0. The highest BCUT2D eigenvalue weighted by Crippen LogP contribution is 2.25. The van der Waals surface area contributed by atoms with E-state index in [0.717, 1.165) is 18.8 Å². The van der Waals surface area contributed by atoms with Crippen LogP contribution in [-0.2, 0) is 0 Å². The van der Waals surface area contributed by atoms with Gasteiger partial charge < -0.3 is 14.5 Å². The van der Waals surface area contributed by atoms with Gasteiger partial charge in [-0.2, -0.15) is 0 Å². The van der Waals surface area contributed by atoms with Crippen molar-refractivity contribution in [2.24, 2.45) is 0 Å². The van der Waals surface area contributed by atoms with Crippen molar-refractivity contribution in [3.05, 3.63) is 54.0 Å². The van der Waals surface area contributed by atoms with Crippen LogP contribution in [0.4, 0.5) is 0 Å². The molecular formula is C18H23ClN2O3. The Labute approximate surface area is 148 Å². The number of amides is 1. The zero-order valence-corrected chi connectivity index (χ0v) is 14.6. The van der Waals surface area contributed by atoms with Crippen LogP contribution in [0.5, 0.6) is 5.75 Å². The molecule has 1 unspecified atom stereocenters. The van der Waals surface area contributed by atoms with Gasteiger partial charge in [0.25, 0.3) is 5.91 Å². The standard InChI is InChI=1S/C18H22N2O3.ClH/c1-22-15-7-4-6-14(12-15)18(21)19-13-16(17-8-5-11-23-17)20-9-2-3-10-20;/h4-8,11-12,16H,2-3,9-10,13H2,1H3,(H,19,21);1H. The first-order valence-electron chi connectivity index (χ1n) is 7.97. The minimum atomic E-state index is -0.0975. The molecule has 1 aromatic carbocycles. The van der Waals surface area contributed by atoms with Gasteiger partial charge in [0.15, 0.2) is 0 Å². The van der Waals surface area contributed by atoms with Crippen molar-refractivity contribution < 1.29 is 13.9 Å². The smallest absolute Gasteiger partial charge is 0.251 e. The Balaban J connectivity index is 0.00000208. The molecule has 1 N–H and O–H groups in total. The quantitative estimate of drug-likeness (QED) is 0.868. The average molecular weight is 351 g/mol. The Morgan fingerprint density at radius 1 is 1.29 bits per heavy atom. The Kier molecular flexibility index (Phi) is 6.70. The number of carbonyl (C=O) groups is 1. The predicted molar refractivity (Wildman–Crippen MR) is 94.8 cm³/mol. The topological polar surface area (TPSA) is 54.7 Å². The molecule has 130 valence electrons. The molecule has 0 radical (unpaired) electrons. The number of ether oxygens (including phenoxy) is 1. The first-order chi connectivity index (χ1) is 11.3. The largest absolute Gasteiger partial charge is 0.497 e. The third-order valence-electron chi connectivity index (χ3n) is 4.24. The second-order valence-electron chi connectivity index (χ2n) is 5.72. The van der Waals surface area contributed by atoms with Crippen molar-refractivity contribution in [1.29, 1.82) is 0 Å². The molecule has 1 atom stereocenters. The van der Waals surface area contributed by atoms with Crippen LogP contribution >= 0.6 is 12.4 Å². The number of hydrogen-bond donors (Lipinski definition) is 1. The summed E-state index contributed by atoms with van der Waals surface area (Å²) in [5, 5.41) is 3.02. The SMILES string of the molecule is COc1cccc(C(=O)NCC(c2ccco2)N2CCCC2)c1.Cl. The fourth-order valence-electron chi connectivity index (χ4n) is 3.00. The molecule has 1 amide bonds. The number of benzene rings is 1. The maximum atomic E-state index is 12.4. The monoisotopic (exact) mass is 350 g/mol. The molecule has 0 saturated carbocycles. The second-order valence-corrected chi connectivity index (χ2v) is 5.72. The fourth-order valence-corrected chi connectivity index (χ4v) is 3.00. The molecule has 1 aliphatic rings. The summed E-state index contributed by atoms with van der Waals surface area (Å²) in [4.78, 5) is 14.8. The van der Waals surface area contributed by atoms with Crippen LogP contribution in [-0.4, -0.2) is 37.6 Å². The Morgan fingerprint density at radius 2 is 2.08 bits per heavy atom. The predicted octanol–water partition coefficient (Wildman–Crippen LogP) is 3.28. The maximum Gasteiger partial charge on any atom is 0.251 e. The van der Waals surface area contributed by atoms with Gasteiger partial charge in [-0.1, -0.05) is 6.07 Å². The maximum absolute atomic E-state index is 12.4. The van der Waals surface area contributed by atoms with Crippen LogP contribution in [0.3, 0.4) is 0 Å². The summed E-state index contributed by atoms with van der Waals surface area (Å²) in [5.41, 5.74) is 0.601. The van der Waals surface area contributed by atoms with E-state index in [1.54, 1.807) is 25.5 Å². The molecule has 24 heavy (non-hydrogen) atoms. The number of nitrogens with zero attached hydrogens (tertiary/aromatic N) is 1. The normalized spacial score (nSPS) is 15.5. The van der Waals surface area contributed by atoms with E-state index in [0.29, 0.717) is 17.9 Å². The first-order valence-corrected chi connectivity index (χ1v) is 7.97. The zero-order chi connectivity index (χ0) is 16.1. The molecule has 6 heteroatoms. The van der Waals surface area contributed by atoms with Gasteiger partial charge in [0.2, 0.25) is 0 Å². The summed E-state index contributed by atoms with van der Waals surface area (Å²) in [7, 11) is 1.59. The van der Waals surface area contributed by atoms with E-state index in [2.05, 4.69) is 10.2 Å². The lowest BCUT2D eigenvalue weighted by atomic mass is 10.1. The summed E-state index contributed by atoms with van der Waals surface area (Å²) in [6.07, 6.45) is 4.07. The zero-order valence-electron chi connectivity index (χ0n) is 13.7. The molecule has 2 heterocycles. The lowest BCUT2D eigenvalue weighted by Crippen LogP contribution is -2.36. The molecule has 0 aliphatic carbocycles. The van der Waals surface area contributed by atoms with E-state index in [4.69, 9.17) is 9.15 Å². The molecular weight excluding hydrogens is 328 g/mol. The van der Waals surface area contributed by atoms with Gasteiger partial charge in [0.1, 0.15) is 11.5 Å². The second kappa shape index (κ2) is 8.76. The number of nitrogens with one attached hydrogen (secondary N) is 1. The van der Waals surface area contributed by atoms with E-state index in [-0.39, 0.29) is 24.4 Å². The van der Waals surface area contributed by atoms with Crippen LogP contribution in [0.15, 0.2) is 47.1 Å². The number of rotatable bonds is 6. The third kappa shape index (κ3) is 4.30. The summed E-state index contributed by atoms with van der Waals surface area (Å²) in [6, 6.07) is 11.1. The first kappa shape index (κ1) is 18.4. The molecule has 3 rings (SSSR count). The lowest BCUT2D eigenvalue weighted by Gasteiger charge is -2.26. The van der Waals surface area contributed by atoms with Gasteiger partial charge >= 0.3 is 0 Å². The molecule has 1 aliphatic heterocycles. The van der Waals surface area contributed by atoms with Crippen molar-refractivity contribution in [2.45, 2.75) is 18.9 Å². The van der Waals surface area contributed by atoms with Gasteiger partial charge in [-0.05, 0) is 56.3 Å². The number of furan rings is 1. The average Bonchev–Trinajstić information content (AvgIpc) is 3.29. The summed E-state index contributed by atoms with van der Waals surface area (Å²) < 4.78 is 10.7. The van der Waals surface area contributed by atoms with E-state index < -0.39 is 0 Å². The van der Waals surface area contributed by atoms with Crippen molar-refractivity contribution >= 4 is 18.3 Å². The fraction of sp³-hybridized carbons (Fsp3) is 0.389. The molecule has 5 nitrogen and oxygen atoms in total. The highest BCUT2D eigenvalue weighted by atomic mass is 35.5. The molecule has 0 spiro atoms. The van der Waals surface area contributed by atoms with Gasteiger partial charge in [-0.25, -0.2) is 0 Å². The summed E-state index contributed by atoms with van der Waals surface area (Å²) in [6.45, 7) is 2.62.